The summed E-state index contributed by atoms with van der Waals surface area (Å²) in [5.41, 5.74) is 1.19. The van der Waals surface area contributed by atoms with Crippen LogP contribution in [0, 0.1) is 0 Å². The molecule has 3 rings (SSSR count). The number of hydrogen-bond donors (Lipinski definition) is 2. The summed E-state index contributed by atoms with van der Waals surface area (Å²) in [6.07, 6.45) is 3.16. The molecule has 19 heavy (non-hydrogen) atoms. The number of ether oxygens (including phenoxy) is 1. The molecule has 3 heterocycles. The summed E-state index contributed by atoms with van der Waals surface area (Å²) in [7, 11) is 0. The number of thiophene rings is 1. The summed E-state index contributed by atoms with van der Waals surface area (Å²) in [6.45, 7) is 3.39. The van der Waals surface area contributed by atoms with E-state index in [1.807, 2.05) is 6.07 Å². The van der Waals surface area contributed by atoms with Crippen LogP contribution in [0.1, 0.15) is 33.0 Å². The lowest BCUT2D eigenvalue weighted by Crippen LogP contribution is -2.45. The van der Waals surface area contributed by atoms with Crippen molar-refractivity contribution in [2.45, 2.75) is 31.9 Å². The molecule has 1 aromatic heterocycles. The molecular formula is C13H19ClN2O2S. The fourth-order valence-electron chi connectivity index (χ4n) is 2.49. The molecule has 2 aliphatic heterocycles. The second kappa shape index (κ2) is 6.70. The summed E-state index contributed by atoms with van der Waals surface area (Å²) in [6, 6.07) is 2.27. The fraction of sp³-hybridized carbons (Fsp3) is 0.615. The second-order valence-corrected chi connectivity index (χ2v) is 6.02. The van der Waals surface area contributed by atoms with E-state index in [0.717, 1.165) is 43.8 Å². The Balaban J connectivity index is 0.00000133. The van der Waals surface area contributed by atoms with Gasteiger partial charge in [-0.05, 0) is 31.0 Å². The molecule has 1 atom stereocenters. The molecule has 0 radical (unpaired) electrons. The molecule has 2 aliphatic rings. The normalized spacial score (nSPS) is 22.2. The summed E-state index contributed by atoms with van der Waals surface area (Å²) in [5, 5.41) is 6.42. The minimum Gasteiger partial charge on any atom is -0.376 e. The van der Waals surface area contributed by atoms with E-state index in [9.17, 15) is 4.79 Å². The first kappa shape index (κ1) is 14.8. The van der Waals surface area contributed by atoms with Crippen molar-refractivity contribution in [1.82, 2.24) is 10.6 Å². The molecule has 2 N–H and O–H groups in total. The molecule has 0 aromatic carbocycles. The van der Waals surface area contributed by atoms with Crippen molar-refractivity contribution in [3.8, 4) is 0 Å². The number of carbonyl (C=O) groups excluding carboxylic acids is 1. The predicted molar refractivity (Wildman–Crippen MR) is 78.3 cm³/mol. The quantitative estimate of drug-likeness (QED) is 0.875. The maximum Gasteiger partial charge on any atom is 0.261 e. The number of amides is 1. The number of rotatable bonds is 2. The third-order valence-electron chi connectivity index (χ3n) is 3.48. The van der Waals surface area contributed by atoms with Gasteiger partial charge in [0.1, 0.15) is 0 Å². The van der Waals surface area contributed by atoms with Crippen LogP contribution >= 0.6 is 23.7 Å². The molecule has 1 unspecified atom stereocenters. The lowest BCUT2D eigenvalue weighted by molar-refractivity contribution is 0.0934. The van der Waals surface area contributed by atoms with Crippen LogP contribution in [0.15, 0.2) is 6.07 Å². The van der Waals surface area contributed by atoms with Crippen LogP contribution in [0.2, 0.25) is 0 Å². The van der Waals surface area contributed by atoms with Gasteiger partial charge in [0.2, 0.25) is 0 Å². The van der Waals surface area contributed by atoms with E-state index in [-0.39, 0.29) is 24.4 Å². The largest absolute Gasteiger partial charge is 0.376 e. The third kappa shape index (κ3) is 3.48. The molecule has 6 heteroatoms. The first-order valence-electron chi connectivity index (χ1n) is 6.54. The van der Waals surface area contributed by atoms with Gasteiger partial charge in [0, 0.05) is 23.9 Å². The summed E-state index contributed by atoms with van der Waals surface area (Å²) in [5.74, 6) is 0.0723. The Morgan fingerprint density at radius 1 is 1.53 bits per heavy atom. The van der Waals surface area contributed by atoms with Gasteiger partial charge in [0.15, 0.2) is 0 Å². The van der Waals surface area contributed by atoms with Gasteiger partial charge in [-0.25, -0.2) is 0 Å². The van der Waals surface area contributed by atoms with Crippen molar-refractivity contribution < 1.29 is 9.53 Å². The summed E-state index contributed by atoms with van der Waals surface area (Å²) in [4.78, 5) is 14.3. The van der Waals surface area contributed by atoms with E-state index >= 15 is 0 Å². The number of nitrogens with one attached hydrogen (secondary N) is 2. The van der Waals surface area contributed by atoms with Crippen molar-refractivity contribution in [3.05, 3.63) is 21.4 Å². The number of fused-ring (bicyclic) bond motifs is 1. The highest BCUT2D eigenvalue weighted by Gasteiger charge is 2.20. The lowest BCUT2D eigenvalue weighted by atomic mass is 10.1. The van der Waals surface area contributed by atoms with Crippen molar-refractivity contribution in [1.29, 1.82) is 0 Å². The van der Waals surface area contributed by atoms with Gasteiger partial charge in [-0.2, -0.15) is 0 Å². The molecule has 1 aromatic rings. The van der Waals surface area contributed by atoms with Gasteiger partial charge in [-0.1, -0.05) is 0 Å². The van der Waals surface area contributed by atoms with E-state index in [4.69, 9.17) is 4.74 Å². The third-order valence-corrected chi connectivity index (χ3v) is 4.72. The summed E-state index contributed by atoms with van der Waals surface area (Å²) >= 11 is 1.62. The number of halogens is 1. The minimum atomic E-state index is 0. The number of carbonyl (C=O) groups is 1. The van der Waals surface area contributed by atoms with Gasteiger partial charge < -0.3 is 15.4 Å². The first-order chi connectivity index (χ1) is 8.83. The van der Waals surface area contributed by atoms with E-state index in [0.29, 0.717) is 6.61 Å². The Bertz CT molecular complexity index is 420. The van der Waals surface area contributed by atoms with Crippen molar-refractivity contribution >= 4 is 29.7 Å². The molecule has 106 valence electrons. The zero-order chi connectivity index (χ0) is 12.4. The highest BCUT2D eigenvalue weighted by Crippen LogP contribution is 2.27. The van der Waals surface area contributed by atoms with E-state index in [1.54, 1.807) is 11.3 Å². The maximum absolute atomic E-state index is 12.2. The van der Waals surface area contributed by atoms with Crippen LogP contribution in [-0.4, -0.2) is 31.6 Å². The molecule has 0 saturated carbocycles. The number of hydrogen-bond acceptors (Lipinski definition) is 4. The zero-order valence-corrected chi connectivity index (χ0v) is 12.4. The highest BCUT2D eigenvalue weighted by atomic mass is 35.5. The molecule has 0 bridgehead atoms. The number of piperidine rings is 1. The Labute approximate surface area is 123 Å². The van der Waals surface area contributed by atoms with E-state index in [1.165, 1.54) is 10.4 Å². The van der Waals surface area contributed by atoms with Crippen molar-refractivity contribution in [2.24, 2.45) is 0 Å². The Kier molecular flexibility index (Phi) is 5.21. The molecule has 1 saturated heterocycles. The highest BCUT2D eigenvalue weighted by molar-refractivity contribution is 7.14. The monoisotopic (exact) mass is 302 g/mol. The predicted octanol–water partition coefficient (Wildman–Crippen LogP) is 1.72. The average molecular weight is 303 g/mol. The van der Waals surface area contributed by atoms with Crippen molar-refractivity contribution in [2.75, 3.05) is 19.7 Å². The smallest absolute Gasteiger partial charge is 0.261 e. The van der Waals surface area contributed by atoms with Crippen LogP contribution in [0.25, 0.3) is 0 Å². The Morgan fingerprint density at radius 2 is 2.42 bits per heavy atom. The maximum atomic E-state index is 12.2. The van der Waals surface area contributed by atoms with Crippen molar-refractivity contribution in [3.63, 3.8) is 0 Å². The lowest BCUT2D eigenvalue weighted by Gasteiger charge is -2.23. The minimum absolute atomic E-state index is 0. The SMILES string of the molecule is Cl.O=C(NC1CCCNC1)c1cc2c(s1)CCOC2. The van der Waals surface area contributed by atoms with E-state index < -0.39 is 0 Å². The zero-order valence-electron chi connectivity index (χ0n) is 10.7. The Morgan fingerprint density at radius 3 is 3.16 bits per heavy atom. The molecule has 0 spiro atoms. The Hall–Kier alpha value is -0.620. The fourth-order valence-corrected chi connectivity index (χ4v) is 3.54. The second-order valence-electron chi connectivity index (χ2n) is 4.88. The van der Waals surface area contributed by atoms with Crippen LogP contribution in [0.3, 0.4) is 0 Å². The molecular weight excluding hydrogens is 284 g/mol. The van der Waals surface area contributed by atoms with Crippen LogP contribution in [0.5, 0.6) is 0 Å². The van der Waals surface area contributed by atoms with Gasteiger partial charge in [0.25, 0.3) is 5.91 Å². The van der Waals surface area contributed by atoms with Gasteiger partial charge >= 0.3 is 0 Å². The van der Waals surface area contributed by atoms with Crippen LogP contribution in [0.4, 0.5) is 0 Å². The van der Waals surface area contributed by atoms with Gasteiger partial charge in [-0.15, -0.1) is 23.7 Å². The van der Waals surface area contributed by atoms with Gasteiger partial charge in [-0.3, -0.25) is 4.79 Å². The summed E-state index contributed by atoms with van der Waals surface area (Å²) < 4.78 is 5.40. The molecule has 1 amide bonds. The topological polar surface area (TPSA) is 50.4 Å². The standard InChI is InChI=1S/C13H18N2O2S.ClH/c16-13(15-10-2-1-4-14-7-10)12-6-9-8-17-5-3-11(9)18-12;/h6,10,14H,1-5,7-8H2,(H,15,16);1H. The average Bonchev–Trinajstić information content (AvgIpc) is 2.84. The first-order valence-corrected chi connectivity index (χ1v) is 7.35. The molecule has 0 aliphatic carbocycles. The van der Waals surface area contributed by atoms with Gasteiger partial charge in [0.05, 0.1) is 18.1 Å². The van der Waals surface area contributed by atoms with Crippen LogP contribution in [-0.2, 0) is 17.8 Å². The molecule has 4 nitrogen and oxygen atoms in total. The van der Waals surface area contributed by atoms with Crippen LogP contribution < -0.4 is 10.6 Å². The van der Waals surface area contributed by atoms with E-state index in [2.05, 4.69) is 10.6 Å². The molecule has 1 fully saturated rings.